The van der Waals surface area contributed by atoms with Crippen LogP contribution in [0.4, 0.5) is 0 Å². The molecule has 2 heterocycles. The molecular formula is C12H15N5O3S. The van der Waals surface area contributed by atoms with Crippen LogP contribution in [0.25, 0.3) is 0 Å². The fourth-order valence-corrected chi connectivity index (χ4v) is 2.63. The van der Waals surface area contributed by atoms with Crippen LogP contribution in [-0.2, 0) is 23.1 Å². The first-order chi connectivity index (χ1) is 10.1. The van der Waals surface area contributed by atoms with Crippen LogP contribution in [0.3, 0.4) is 0 Å². The van der Waals surface area contributed by atoms with Crippen molar-refractivity contribution in [2.24, 2.45) is 0 Å². The molecule has 0 aliphatic heterocycles. The van der Waals surface area contributed by atoms with Gasteiger partial charge in [0.25, 0.3) is 10.0 Å². The van der Waals surface area contributed by atoms with Crippen molar-refractivity contribution in [2.45, 2.75) is 37.0 Å². The molecule has 1 aliphatic rings. The predicted octanol–water partition coefficient (Wildman–Crippen LogP) is 0.195. The number of sulfonamides is 1. The maximum atomic E-state index is 12.0. The summed E-state index contributed by atoms with van der Waals surface area (Å²) in [7, 11) is -3.68. The molecule has 0 spiro atoms. The summed E-state index contributed by atoms with van der Waals surface area (Å²) in [5.74, 6) is 0.267. The van der Waals surface area contributed by atoms with Gasteiger partial charge < -0.3 is 9.84 Å². The Morgan fingerprint density at radius 2 is 2.10 bits per heavy atom. The number of hydrogen-bond donors (Lipinski definition) is 2. The topological polar surface area (TPSA) is 110 Å². The summed E-state index contributed by atoms with van der Waals surface area (Å²) in [6.45, 7) is 0.666. The van der Waals surface area contributed by atoms with E-state index in [4.69, 9.17) is 0 Å². The van der Waals surface area contributed by atoms with E-state index in [1.807, 2.05) is 0 Å². The van der Waals surface area contributed by atoms with Gasteiger partial charge in [0, 0.05) is 18.8 Å². The Balaban J connectivity index is 1.61. The van der Waals surface area contributed by atoms with E-state index in [-0.39, 0.29) is 17.4 Å². The van der Waals surface area contributed by atoms with E-state index in [1.54, 1.807) is 12.3 Å². The van der Waals surface area contributed by atoms with Crippen molar-refractivity contribution in [3.05, 3.63) is 36.1 Å². The Labute approximate surface area is 122 Å². The number of aromatic nitrogens is 3. The van der Waals surface area contributed by atoms with Crippen LogP contribution in [0.5, 0.6) is 0 Å². The average Bonchev–Trinajstić information content (AvgIpc) is 3.17. The molecule has 1 saturated carbocycles. The van der Waals surface area contributed by atoms with Gasteiger partial charge in [-0.3, -0.25) is 0 Å². The number of nitrogens with one attached hydrogen (secondary N) is 2. The Bertz CT molecular complexity index is 680. The summed E-state index contributed by atoms with van der Waals surface area (Å²) in [6.07, 6.45) is 5.13. The molecule has 0 bridgehead atoms. The van der Waals surface area contributed by atoms with E-state index in [9.17, 15) is 8.42 Å². The maximum absolute atomic E-state index is 12.0. The van der Waals surface area contributed by atoms with Gasteiger partial charge >= 0.3 is 0 Å². The van der Waals surface area contributed by atoms with Crippen molar-refractivity contribution < 1.29 is 12.9 Å². The van der Waals surface area contributed by atoms with Gasteiger partial charge in [-0.05, 0) is 24.5 Å². The third kappa shape index (κ3) is 3.84. The first-order valence-electron chi connectivity index (χ1n) is 6.57. The molecule has 8 nitrogen and oxygen atoms in total. The second-order valence-corrected chi connectivity index (χ2v) is 6.55. The molecule has 1 aliphatic carbocycles. The second kappa shape index (κ2) is 5.88. The molecule has 1 fully saturated rings. The van der Waals surface area contributed by atoms with Gasteiger partial charge in [-0.2, -0.15) is 4.98 Å². The molecule has 2 aromatic heterocycles. The number of pyridine rings is 1. The van der Waals surface area contributed by atoms with Crippen molar-refractivity contribution in [3.63, 3.8) is 0 Å². The highest BCUT2D eigenvalue weighted by molar-refractivity contribution is 7.89. The molecule has 0 amide bonds. The summed E-state index contributed by atoms with van der Waals surface area (Å²) in [5.41, 5.74) is 0.957. The SMILES string of the molecule is O=S(=O)(NCc1ncon1)c1ccc(CNC2CC2)cn1. The standard InChI is InChI=1S/C12H15N5O3S/c18-21(19,16-7-11-15-8-20-17-11)12-4-1-9(6-14-12)5-13-10-2-3-10/h1,4,6,8,10,13,16H,2-3,5,7H2. The normalized spacial score (nSPS) is 15.2. The zero-order valence-corrected chi connectivity index (χ0v) is 12.0. The highest BCUT2D eigenvalue weighted by Gasteiger charge is 2.20. The number of rotatable bonds is 7. The van der Waals surface area contributed by atoms with Gasteiger partial charge in [-0.25, -0.2) is 18.1 Å². The van der Waals surface area contributed by atoms with Crippen molar-refractivity contribution in [1.29, 1.82) is 0 Å². The molecule has 112 valence electrons. The van der Waals surface area contributed by atoms with Gasteiger partial charge in [-0.15, -0.1) is 0 Å². The summed E-state index contributed by atoms with van der Waals surface area (Å²) in [6, 6.07) is 3.85. The van der Waals surface area contributed by atoms with Crippen LogP contribution < -0.4 is 10.0 Å². The van der Waals surface area contributed by atoms with E-state index in [0.29, 0.717) is 12.6 Å². The smallest absolute Gasteiger partial charge is 0.258 e. The zero-order valence-electron chi connectivity index (χ0n) is 11.2. The van der Waals surface area contributed by atoms with Crippen LogP contribution in [0.1, 0.15) is 24.2 Å². The van der Waals surface area contributed by atoms with Crippen molar-refractivity contribution in [1.82, 2.24) is 25.2 Å². The molecule has 0 atom stereocenters. The van der Waals surface area contributed by atoms with Gasteiger partial charge in [-0.1, -0.05) is 11.2 Å². The summed E-state index contributed by atoms with van der Waals surface area (Å²) < 4.78 is 31.0. The maximum Gasteiger partial charge on any atom is 0.258 e. The van der Waals surface area contributed by atoms with E-state index >= 15 is 0 Å². The minimum absolute atomic E-state index is 0.0267. The minimum Gasteiger partial charge on any atom is -0.343 e. The Hall–Kier alpha value is -1.84. The van der Waals surface area contributed by atoms with Gasteiger partial charge in [0.2, 0.25) is 6.39 Å². The Morgan fingerprint density at radius 3 is 2.71 bits per heavy atom. The van der Waals surface area contributed by atoms with Gasteiger partial charge in [0.1, 0.15) is 0 Å². The molecular weight excluding hydrogens is 294 g/mol. The van der Waals surface area contributed by atoms with E-state index in [2.05, 4.69) is 29.7 Å². The third-order valence-electron chi connectivity index (χ3n) is 3.07. The van der Waals surface area contributed by atoms with Crippen LogP contribution in [0, 0.1) is 0 Å². The quantitative estimate of drug-likeness (QED) is 0.751. The summed E-state index contributed by atoms with van der Waals surface area (Å²) in [5, 5.41) is 6.85. The summed E-state index contributed by atoms with van der Waals surface area (Å²) >= 11 is 0. The van der Waals surface area contributed by atoms with E-state index in [1.165, 1.54) is 18.9 Å². The highest BCUT2D eigenvalue weighted by atomic mass is 32.2. The summed E-state index contributed by atoms with van der Waals surface area (Å²) in [4.78, 5) is 7.73. The molecule has 2 N–H and O–H groups in total. The fourth-order valence-electron chi connectivity index (χ4n) is 1.73. The first kappa shape index (κ1) is 14.1. The fraction of sp³-hybridized carbons (Fsp3) is 0.417. The molecule has 21 heavy (non-hydrogen) atoms. The highest BCUT2D eigenvalue weighted by Crippen LogP contribution is 2.19. The lowest BCUT2D eigenvalue weighted by atomic mass is 10.3. The van der Waals surface area contributed by atoms with E-state index in [0.717, 1.165) is 12.0 Å². The van der Waals surface area contributed by atoms with Crippen LogP contribution in [-0.4, -0.2) is 29.6 Å². The number of hydrogen-bond acceptors (Lipinski definition) is 7. The predicted molar refractivity (Wildman–Crippen MR) is 72.4 cm³/mol. The van der Waals surface area contributed by atoms with Crippen molar-refractivity contribution >= 4 is 10.0 Å². The molecule has 2 aromatic rings. The van der Waals surface area contributed by atoms with Crippen molar-refractivity contribution in [2.75, 3.05) is 0 Å². The largest absolute Gasteiger partial charge is 0.343 e. The second-order valence-electron chi connectivity index (χ2n) is 4.83. The lowest BCUT2D eigenvalue weighted by Crippen LogP contribution is -2.25. The van der Waals surface area contributed by atoms with Gasteiger partial charge in [0.05, 0.1) is 6.54 Å². The zero-order chi connectivity index (χ0) is 14.7. The first-order valence-corrected chi connectivity index (χ1v) is 8.05. The number of nitrogens with zero attached hydrogens (tertiary/aromatic N) is 3. The van der Waals surface area contributed by atoms with Crippen LogP contribution in [0.2, 0.25) is 0 Å². The molecule has 9 heteroatoms. The molecule has 0 aromatic carbocycles. The lowest BCUT2D eigenvalue weighted by molar-refractivity contribution is 0.409. The van der Waals surface area contributed by atoms with Crippen molar-refractivity contribution in [3.8, 4) is 0 Å². The molecule has 0 radical (unpaired) electrons. The lowest BCUT2D eigenvalue weighted by Gasteiger charge is -2.06. The molecule has 0 unspecified atom stereocenters. The minimum atomic E-state index is -3.68. The van der Waals surface area contributed by atoms with Gasteiger partial charge in [0.15, 0.2) is 10.9 Å². The van der Waals surface area contributed by atoms with E-state index < -0.39 is 10.0 Å². The molecule has 3 rings (SSSR count). The van der Waals surface area contributed by atoms with Crippen LogP contribution in [0.15, 0.2) is 34.3 Å². The average molecular weight is 309 g/mol. The Kier molecular flexibility index (Phi) is 3.95. The Morgan fingerprint density at radius 1 is 1.24 bits per heavy atom. The monoisotopic (exact) mass is 309 g/mol. The third-order valence-corrected chi connectivity index (χ3v) is 4.39. The van der Waals surface area contributed by atoms with Crippen LogP contribution >= 0.6 is 0 Å². The molecule has 0 saturated heterocycles.